The van der Waals surface area contributed by atoms with E-state index in [9.17, 15) is 4.79 Å². The highest BCUT2D eigenvalue weighted by molar-refractivity contribution is 5.85. The predicted octanol–water partition coefficient (Wildman–Crippen LogP) is 5.34. The maximum atomic E-state index is 11.7. The van der Waals surface area contributed by atoms with Crippen LogP contribution in [0.5, 0.6) is 5.75 Å². The SMILES string of the molecule is CCCC(C)c1ccc(OCCCCCN2CCN(C(=O)OCC)CC2)cc1.Cl. The van der Waals surface area contributed by atoms with Crippen molar-refractivity contribution in [2.75, 3.05) is 45.9 Å². The average Bonchev–Trinajstić information content (AvgIpc) is 2.72. The van der Waals surface area contributed by atoms with Crippen LogP contribution in [-0.2, 0) is 4.74 Å². The predicted molar refractivity (Wildman–Crippen MR) is 121 cm³/mol. The molecule has 1 amide bonds. The number of hydrogen-bond acceptors (Lipinski definition) is 4. The molecule has 6 heteroatoms. The Morgan fingerprint density at radius 3 is 2.34 bits per heavy atom. The number of unbranched alkanes of at least 4 members (excludes halogenated alkanes) is 2. The summed E-state index contributed by atoms with van der Waals surface area (Å²) in [5, 5.41) is 0. The van der Waals surface area contributed by atoms with Crippen LogP contribution in [0.4, 0.5) is 4.79 Å². The quantitative estimate of drug-likeness (QED) is 0.448. The zero-order valence-electron chi connectivity index (χ0n) is 18.4. The van der Waals surface area contributed by atoms with Gasteiger partial charge in [-0.2, -0.15) is 0 Å². The van der Waals surface area contributed by atoms with Crippen LogP contribution in [0.1, 0.15) is 64.4 Å². The topological polar surface area (TPSA) is 42.0 Å². The third-order valence-electron chi connectivity index (χ3n) is 5.46. The molecule has 1 fully saturated rings. The molecule has 2 rings (SSSR count). The molecule has 0 N–H and O–H groups in total. The fourth-order valence-electron chi connectivity index (χ4n) is 3.67. The number of hydrogen-bond donors (Lipinski definition) is 0. The van der Waals surface area contributed by atoms with E-state index in [1.165, 1.54) is 31.2 Å². The van der Waals surface area contributed by atoms with Gasteiger partial charge in [-0.3, -0.25) is 4.90 Å². The molecule has 1 saturated heterocycles. The van der Waals surface area contributed by atoms with Crippen LogP contribution in [-0.4, -0.2) is 61.8 Å². The molecule has 5 nitrogen and oxygen atoms in total. The first kappa shape index (κ1) is 25.6. The molecular weight excluding hydrogens is 388 g/mol. The maximum absolute atomic E-state index is 11.7. The lowest BCUT2D eigenvalue weighted by Gasteiger charge is -2.34. The number of ether oxygens (including phenoxy) is 2. The minimum Gasteiger partial charge on any atom is -0.494 e. The summed E-state index contributed by atoms with van der Waals surface area (Å²) in [4.78, 5) is 16.0. The minimum absolute atomic E-state index is 0. The van der Waals surface area contributed by atoms with Gasteiger partial charge < -0.3 is 14.4 Å². The number of carbonyl (C=O) groups excluding carboxylic acids is 1. The van der Waals surface area contributed by atoms with Crippen LogP contribution in [0.15, 0.2) is 24.3 Å². The van der Waals surface area contributed by atoms with Gasteiger partial charge in [0.2, 0.25) is 0 Å². The van der Waals surface area contributed by atoms with Crippen molar-refractivity contribution in [3.8, 4) is 5.75 Å². The molecule has 0 aromatic heterocycles. The number of rotatable bonds is 11. The lowest BCUT2D eigenvalue weighted by atomic mass is 9.97. The summed E-state index contributed by atoms with van der Waals surface area (Å²) in [7, 11) is 0. The first-order valence-electron chi connectivity index (χ1n) is 11.0. The second-order valence-corrected chi connectivity index (χ2v) is 7.70. The summed E-state index contributed by atoms with van der Waals surface area (Å²) < 4.78 is 10.9. The molecular formula is C23H39ClN2O3. The second kappa shape index (κ2) is 14.5. The zero-order chi connectivity index (χ0) is 20.2. The standard InChI is InChI=1S/C23H38N2O3.ClH/c1-4-9-20(3)21-10-12-22(13-11-21)28-19-8-6-7-14-24-15-17-25(18-16-24)23(26)27-5-2;/h10-13,20H,4-9,14-19H2,1-3H3;1H. The summed E-state index contributed by atoms with van der Waals surface area (Å²) in [5.74, 6) is 1.60. The lowest BCUT2D eigenvalue weighted by Crippen LogP contribution is -2.49. The van der Waals surface area contributed by atoms with Gasteiger partial charge >= 0.3 is 6.09 Å². The van der Waals surface area contributed by atoms with E-state index in [-0.39, 0.29) is 18.5 Å². The number of piperazine rings is 1. The molecule has 0 aliphatic carbocycles. The van der Waals surface area contributed by atoms with Crippen LogP contribution in [0.25, 0.3) is 0 Å². The van der Waals surface area contributed by atoms with Gasteiger partial charge in [0.25, 0.3) is 0 Å². The monoisotopic (exact) mass is 426 g/mol. The van der Waals surface area contributed by atoms with Gasteiger partial charge in [-0.15, -0.1) is 12.4 Å². The summed E-state index contributed by atoms with van der Waals surface area (Å²) in [6, 6.07) is 8.60. The highest BCUT2D eigenvalue weighted by atomic mass is 35.5. The van der Waals surface area contributed by atoms with E-state index in [1.807, 2.05) is 11.8 Å². The average molecular weight is 427 g/mol. The van der Waals surface area contributed by atoms with Crippen LogP contribution < -0.4 is 4.74 Å². The van der Waals surface area contributed by atoms with Gasteiger partial charge in [0.15, 0.2) is 0 Å². The summed E-state index contributed by atoms with van der Waals surface area (Å²) >= 11 is 0. The van der Waals surface area contributed by atoms with Crippen LogP contribution in [0.3, 0.4) is 0 Å². The van der Waals surface area contributed by atoms with Crippen molar-refractivity contribution in [2.45, 2.75) is 58.8 Å². The van der Waals surface area contributed by atoms with Crippen molar-refractivity contribution in [3.63, 3.8) is 0 Å². The lowest BCUT2D eigenvalue weighted by molar-refractivity contribution is 0.0791. The molecule has 1 aromatic rings. The Balaban J connectivity index is 0.00000420. The van der Waals surface area contributed by atoms with Crippen LogP contribution in [0, 0.1) is 0 Å². The Morgan fingerprint density at radius 2 is 1.72 bits per heavy atom. The Hall–Kier alpha value is -1.46. The fourth-order valence-corrected chi connectivity index (χ4v) is 3.67. The molecule has 1 unspecified atom stereocenters. The summed E-state index contributed by atoms with van der Waals surface area (Å²) in [6.07, 6.45) is 5.71. The zero-order valence-corrected chi connectivity index (χ0v) is 19.2. The van der Waals surface area contributed by atoms with Crippen molar-refractivity contribution in [2.24, 2.45) is 0 Å². The fraction of sp³-hybridized carbons (Fsp3) is 0.696. The first-order chi connectivity index (χ1) is 13.6. The van der Waals surface area contributed by atoms with Gasteiger partial charge in [0, 0.05) is 26.2 Å². The summed E-state index contributed by atoms with van der Waals surface area (Å²) in [6.45, 7) is 12.1. The number of benzene rings is 1. The largest absolute Gasteiger partial charge is 0.494 e. The molecule has 1 heterocycles. The van der Waals surface area contributed by atoms with Crippen molar-refractivity contribution < 1.29 is 14.3 Å². The smallest absolute Gasteiger partial charge is 0.409 e. The number of halogens is 1. The van der Waals surface area contributed by atoms with Crippen molar-refractivity contribution in [3.05, 3.63) is 29.8 Å². The van der Waals surface area contributed by atoms with E-state index in [0.29, 0.717) is 12.5 Å². The van der Waals surface area contributed by atoms with E-state index in [2.05, 4.69) is 43.0 Å². The number of nitrogens with zero attached hydrogens (tertiary/aromatic N) is 2. The molecule has 0 spiro atoms. The van der Waals surface area contributed by atoms with Crippen LogP contribution >= 0.6 is 12.4 Å². The number of carbonyl (C=O) groups is 1. The van der Waals surface area contributed by atoms with E-state index >= 15 is 0 Å². The second-order valence-electron chi connectivity index (χ2n) is 7.70. The van der Waals surface area contributed by atoms with Gasteiger partial charge in [-0.25, -0.2) is 4.79 Å². The molecule has 1 aliphatic heterocycles. The highest BCUT2D eigenvalue weighted by Crippen LogP contribution is 2.23. The maximum Gasteiger partial charge on any atom is 0.409 e. The van der Waals surface area contributed by atoms with E-state index < -0.39 is 0 Å². The minimum atomic E-state index is -0.174. The molecule has 29 heavy (non-hydrogen) atoms. The first-order valence-corrected chi connectivity index (χ1v) is 11.0. The van der Waals surface area contributed by atoms with Gasteiger partial charge in [-0.1, -0.05) is 32.4 Å². The van der Waals surface area contributed by atoms with Crippen molar-refractivity contribution in [1.29, 1.82) is 0 Å². The van der Waals surface area contributed by atoms with Crippen molar-refractivity contribution >= 4 is 18.5 Å². The molecule has 0 bridgehead atoms. The van der Waals surface area contributed by atoms with E-state index in [1.54, 1.807) is 0 Å². The van der Waals surface area contributed by atoms with E-state index in [0.717, 1.165) is 51.5 Å². The third kappa shape index (κ3) is 9.26. The molecule has 1 aromatic carbocycles. The normalized spacial score (nSPS) is 15.5. The summed E-state index contributed by atoms with van der Waals surface area (Å²) in [5.41, 5.74) is 1.40. The van der Waals surface area contributed by atoms with Crippen LogP contribution in [0.2, 0.25) is 0 Å². The Bertz CT molecular complexity index is 560. The molecule has 166 valence electrons. The molecule has 1 atom stereocenters. The Morgan fingerprint density at radius 1 is 1.03 bits per heavy atom. The Labute approximate surface area is 183 Å². The highest BCUT2D eigenvalue weighted by Gasteiger charge is 2.21. The van der Waals surface area contributed by atoms with Crippen molar-refractivity contribution in [1.82, 2.24) is 9.80 Å². The third-order valence-corrected chi connectivity index (χ3v) is 5.46. The van der Waals surface area contributed by atoms with E-state index in [4.69, 9.17) is 9.47 Å². The Kier molecular flexibility index (Phi) is 12.8. The molecule has 0 radical (unpaired) electrons. The van der Waals surface area contributed by atoms with Gasteiger partial charge in [0.1, 0.15) is 5.75 Å². The molecule has 1 aliphatic rings. The van der Waals surface area contributed by atoms with Gasteiger partial charge in [-0.05, 0) is 62.8 Å². The number of amides is 1. The molecule has 0 saturated carbocycles. The van der Waals surface area contributed by atoms with Gasteiger partial charge in [0.05, 0.1) is 13.2 Å².